The Morgan fingerprint density at radius 2 is 2.00 bits per heavy atom. The monoisotopic (exact) mass is 328 g/mol. The van der Waals surface area contributed by atoms with E-state index in [1.165, 1.54) is 0 Å². The predicted octanol–water partition coefficient (Wildman–Crippen LogP) is 2.96. The van der Waals surface area contributed by atoms with E-state index in [1.54, 1.807) is 20.4 Å². The minimum Gasteiger partial charge on any atom is -0.497 e. The van der Waals surface area contributed by atoms with Crippen LogP contribution in [0, 0.1) is 0 Å². The molecule has 0 aliphatic heterocycles. The van der Waals surface area contributed by atoms with Gasteiger partial charge in [-0.2, -0.15) is 0 Å². The molecule has 128 valence electrons. The van der Waals surface area contributed by atoms with Gasteiger partial charge in [-0.15, -0.1) is 0 Å². The predicted molar refractivity (Wildman–Crippen MR) is 95.8 cm³/mol. The molecule has 2 aromatic rings. The fourth-order valence-corrected chi connectivity index (χ4v) is 2.02. The molecule has 0 saturated carbocycles. The van der Waals surface area contributed by atoms with E-state index in [9.17, 15) is 0 Å². The van der Waals surface area contributed by atoms with Crippen LogP contribution in [0.25, 0.3) is 0 Å². The summed E-state index contributed by atoms with van der Waals surface area (Å²) in [7, 11) is 3.38. The van der Waals surface area contributed by atoms with Gasteiger partial charge in [0.1, 0.15) is 11.5 Å². The molecule has 0 fully saturated rings. The van der Waals surface area contributed by atoms with Crippen molar-refractivity contribution in [2.75, 3.05) is 14.2 Å². The molecule has 0 aliphatic rings. The Labute approximate surface area is 142 Å². The summed E-state index contributed by atoms with van der Waals surface area (Å²) in [5, 5.41) is 6.48. The Morgan fingerprint density at radius 3 is 2.62 bits per heavy atom. The van der Waals surface area contributed by atoms with Crippen LogP contribution < -0.4 is 20.1 Å². The van der Waals surface area contributed by atoms with Crippen LogP contribution in [0.1, 0.15) is 19.4 Å². The number of nitrogens with one attached hydrogen (secondary N) is 2. The van der Waals surface area contributed by atoms with Gasteiger partial charge in [0, 0.05) is 38.0 Å². The van der Waals surface area contributed by atoms with Crippen molar-refractivity contribution in [1.29, 1.82) is 0 Å². The van der Waals surface area contributed by atoms with Gasteiger partial charge in [-0.25, -0.2) is 4.98 Å². The molecule has 1 aromatic carbocycles. The van der Waals surface area contributed by atoms with Crippen molar-refractivity contribution >= 4 is 5.96 Å². The number of benzene rings is 1. The summed E-state index contributed by atoms with van der Waals surface area (Å²) in [6.07, 6.45) is 1.78. The second kappa shape index (κ2) is 8.76. The highest BCUT2D eigenvalue weighted by Crippen LogP contribution is 2.23. The lowest BCUT2D eigenvalue weighted by Gasteiger charge is -2.14. The summed E-state index contributed by atoms with van der Waals surface area (Å²) in [6, 6.07) is 11.6. The first-order chi connectivity index (χ1) is 11.6. The van der Waals surface area contributed by atoms with Crippen LogP contribution >= 0.6 is 0 Å². The number of aliphatic imine (C=N–C) groups is 1. The van der Waals surface area contributed by atoms with Crippen molar-refractivity contribution < 1.29 is 9.47 Å². The van der Waals surface area contributed by atoms with E-state index in [1.807, 2.05) is 36.4 Å². The third kappa shape index (κ3) is 5.46. The number of methoxy groups -OCH3 is 1. The Hall–Kier alpha value is -2.76. The van der Waals surface area contributed by atoms with Gasteiger partial charge >= 0.3 is 0 Å². The molecule has 2 rings (SSSR count). The summed E-state index contributed by atoms with van der Waals surface area (Å²) in [5.74, 6) is 2.74. The third-order valence-corrected chi connectivity index (χ3v) is 3.17. The molecule has 6 nitrogen and oxygen atoms in total. The number of aromatic nitrogens is 1. The molecule has 0 aliphatic carbocycles. The number of guanidine groups is 1. The van der Waals surface area contributed by atoms with Gasteiger partial charge in [-0.05, 0) is 31.5 Å². The first kappa shape index (κ1) is 17.6. The molecule has 0 atom stereocenters. The van der Waals surface area contributed by atoms with Crippen LogP contribution in [-0.4, -0.2) is 31.1 Å². The lowest BCUT2D eigenvalue weighted by Crippen LogP contribution is -2.40. The standard InChI is InChI=1S/C18H24N4O2/c1-13(2)22-18(19-3)21-12-14-8-9-17(20-11-14)24-16-7-5-6-15(10-16)23-4/h5-11,13H,12H2,1-4H3,(H2,19,21,22). The fraction of sp³-hybridized carbons (Fsp3) is 0.333. The van der Waals surface area contributed by atoms with Crippen molar-refractivity contribution in [2.45, 2.75) is 26.4 Å². The van der Waals surface area contributed by atoms with E-state index in [0.29, 0.717) is 24.2 Å². The Kier molecular flexibility index (Phi) is 6.42. The fourth-order valence-electron chi connectivity index (χ4n) is 2.02. The highest BCUT2D eigenvalue weighted by molar-refractivity contribution is 5.79. The van der Waals surface area contributed by atoms with Gasteiger partial charge in [0.15, 0.2) is 5.96 Å². The number of ether oxygens (including phenoxy) is 2. The average molecular weight is 328 g/mol. The van der Waals surface area contributed by atoms with Crippen molar-refractivity contribution in [3.63, 3.8) is 0 Å². The van der Waals surface area contributed by atoms with Gasteiger partial charge in [-0.1, -0.05) is 12.1 Å². The molecule has 24 heavy (non-hydrogen) atoms. The van der Waals surface area contributed by atoms with Gasteiger partial charge in [-0.3, -0.25) is 4.99 Å². The lowest BCUT2D eigenvalue weighted by molar-refractivity contribution is 0.407. The van der Waals surface area contributed by atoms with Crippen LogP contribution in [0.15, 0.2) is 47.6 Å². The van der Waals surface area contributed by atoms with Crippen LogP contribution in [0.2, 0.25) is 0 Å². The molecule has 0 radical (unpaired) electrons. The highest BCUT2D eigenvalue weighted by atomic mass is 16.5. The van der Waals surface area contributed by atoms with Crippen molar-refractivity contribution in [3.05, 3.63) is 48.2 Å². The van der Waals surface area contributed by atoms with Gasteiger partial charge in [0.05, 0.1) is 7.11 Å². The molecular formula is C18H24N4O2. The molecule has 6 heteroatoms. The second-order valence-electron chi connectivity index (χ2n) is 5.51. The third-order valence-electron chi connectivity index (χ3n) is 3.17. The number of hydrogen-bond acceptors (Lipinski definition) is 4. The maximum atomic E-state index is 5.73. The van der Waals surface area contributed by atoms with Crippen LogP contribution in [0.4, 0.5) is 0 Å². The van der Waals surface area contributed by atoms with E-state index in [0.717, 1.165) is 17.3 Å². The minimum absolute atomic E-state index is 0.327. The maximum Gasteiger partial charge on any atom is 0.219 e. The van der Waals surface area contributed by atoms with Crippen molar-refractivity contribution in [3.8, 4) is 17.4 Å². The Balaban J connectivity index is 1.92. The summed E-state index contributed by atoms with van der Waals surface area (Å²) >= 11 is 0. The zero-order valence-electron chi connectivity index (χ0n) is 14.5. The van der Waals surface area contributed by atoms with Crippen LogP contribution in [-0.2, 0) is 6.54 Å². The molecule has 0 spiro atoms. The lowest BCUT2D eigenvalue weighted by atomic mass is 10.3. The molecule has 0 unspecified atom stereocenters. The quantitative estimate of drug-likeness (QED) is 0.630. The molecule has 1 aromatic heterocycles. The highest BCUT2D eigenvalue weighted by Gasteiger charge is 2.03. The number of pyridine rings is 1. The summed E-state index contributed by atoms with van der Waals surface area (Å²) in [6.45, 7) is 4.77. The summed E-state index contributed by atoms with van der Waals surface area (Å²) < 4.78 is 10.9. The Bertz CT molecular complexity index is 669. The topological polar surface area (TPSA) is 67.8 Å². The number of rotatable bonds is 6. The molecule has 0 bridgehead atoms. The van der Waals surface area contributed by atoms with E-state index in [-0.39, 0.29) is 0 Å². The average Bonchev–Trinajstić information content (AvgIpc) is 2.59. The van der Waals surface area contributed by atoms with Crippen molar-refractivity contribution in [2.24, 2.45) is 4.99 Å². The first-order valence-corrected chi connectivity index (χ1v) is 7.84. The SMILES string of the molecule is CN=C(NCc1ccc(Oc2cccc(OC)c2)nc1)NC(C)C. The summed E-state index contributed by atoms with van der Waals surface area (Å²) in [5.41, 5.74) is 1.04. The number of hydrogen-bond donors (Lipinski definition) is 2. The first-order valence-electron chi connectivity index (χ1n) is 7.84. The van der Waals surface area contributed by atoms with E-state index in [4.69, 9.17) is 9.47 Å². The zero-order valence-corrected chi connectivity index (χ0v) is 14.5. The smallest absolute Gasteiger partial charge is 0.219 e. The zero-order chi connectivity index (χ0) is 17.4. The largest absolute Gasteiger partial charge is 0.497 e. The van der Waals surface area contributed by atoms with Gasteiger partial charge < -0.3 is 20.1 Å². The van der Waals surface area contributed by atoms with Crippen molar-refractivity contribution in [1.82, 2.24) is 15.6 Å². The van der Waals surface area contributed by atoms with E-state index >= 15 is 0 Å². The van der Waals surface area contributed by atoms with Crippen LogP contribution in [0.3, 0.4) is 0 Å². The minimum atomic E-state index is 0.327. The number of nitrogens with zero attached hydrogens (tertiary/aromatic N) is 2. The van der Waals surface area contributed by atoms with E-state index < -0.39 is 0 Å². The molecule has 0 amide bonds. The molecule has 1 heterocycles. The van der Waals surface area contributed by atoms with Gasteiger partial charge in [0.25, 0.3) is 0 Å². The molecule has 0 saturated heterocycles. The van der Waals surface area contributed by atoms with E-state index in [2.05, 4.69) is 34.5 Å². The second-order valence-corrected chi connectivity index (χ2v) is 5.51. The van der Waals surface area contributed by atoms with Crippen LogP contribution in [0.5, 0.6) is 17.4 Å². The normalized spacial score (nSPS) is 11.3. The molecular weight excluding hydrogens is 304 g/mol. The van der Waals surface area contributed by atoms with Gasteiger partial charge in [0.2, 0.25) is 5.88 Å². The molecule has 2 N–H and O–H groups in total. The Morgan fingerprint density at radius 1 is 1.21 bits per heavy atom. The maximum absolute atomic E-state index is 5.73. The summed E-state index contributed by atoms with van der Waals surface area (Å²) in [4.78, 5) is 8.50.